The zero-order valence-electron chi connectivity index (χ0n) is 29.3. The highest BCUT2D eigenvalue weighted by Crippen LogP contribution is 2.34. The van der Waals surface area contributed by atoms with E-state index in [4.69, 9.17) is 18.6 Å². The molecule has 3 rings (SSSR count). The van der Waals surface area contributed by atoms with Gasteiger partial charge in [0.15, 0.2) is 13.6 Å². The third-order valence-electron chi connectivity index (χ3n) is 8.76. The molecule has 3 aromatic rings. The van der Waals surface area contributed by atoms with Crippen molar-refractivity contribution in [3.05, 3.63) is 82.4 Å². The van der Waals surface area contributed by atoms with Crippen LogP contribution in [0.3, 0.4) is 0 Å². The number of carbonyl (C=O) groups excluding carboxylic acids is 1. The Kier molecular flexibility index (Phi) is 14.7. The minimum atomic E-state index is -1.53. The first kappa shape index (κ1) is 38.0. The van der Waals surface area contributed by atoms with Crippen LogP contribution in [0.15, 0.2) is 66.7 Å². The van der Waals surface area contributed by atoms with Crippen LogP contribution in [0.2, 0.25) is 32.7 Å². The van der Waals surface area contributed by atoms with Crippen LogP contribution in [0.5, 0.6) is 17.2 Å². The summed E-state index contributed by atoms with van der Waals surface area (Å²) < 4.78 is 23.6. The molecule has 1 atom stereocenters. The average molecular weight is 680 g/mol. The fraction of sp³-hybridized carbons (Fsp3) is 0.486. The molecule has 0 radical (unpaired) electrons. The standard InChI is InChI=1S/C37H53NO7Si2/c1-8-9-12-15-29(2)44-36-25-20-32(28-35(36)38(40)41)30-16-23-34(24-17-30)45-37(39)31-18-21-33(22-19-31)42-26-13-10-11-14-27-43-47(6,7)46(3,4)5/h16-25,28-29H,8-15,26-27H2,1-7H3/t29-/m0/s1. The SMILES string of the molecule is CCCCC[C@H](C)Oc1ccc(-c2ccc(OC(=O)c3ccc(OCCCCCCO[Si](C)(C)[Si](C)(C)C)cc3)cc2)cc1[N+](=O)[O-]. The van der Waals surface area contributed by atoms with Crippen molar-refractivity contribution < 1.29 is 28.4 Å². The summed E-state index contributed by atoms with van der Waals surface area (Å²) in [7, 11) is -2.74. The van der Waals surface area contributed by atoms with Gasteiger partial charge in [0.2, 0.25) is 0 Å². The predicted octanol–water partition coefficient (Wildman–Crippen LogP) is 10.4. The molecule has 0 aliphatic carbocycles. The van der Waals surface area contributed by atoms with Crippen molar-refractivity contribution in [2.75, 3.05) is 13.2 Å². The van der Waals surface area contributed by atoms with Gasteiger partial charge in [-0.1, -0.05) is 64.0 Å². The number of unbranched alkanes of at least 4 members (excludes halogenated alkanes) is 5. The molecule has 0 saturated heterocycles. The Morgan fingerprint density at radius 3 is 2.02 bits per heavy atom. The summed E-state index contributed by atoms with van der Waals surface area (Å²) in [5.41, 5.74) is 1.78. The fourth-order valence-electron chi connectivity index (χ4n) is 4.76. The molecular weight excluding hydrogens is 627 g/mol. The van der Waals surface area contributed by atoms with Crippen LogP contribution in [0.1, 0.15) is 75.6 Å². The third kappa shape index (κ3) is 12.2. The molecule has 256 valence electrons. The number of esters is 1. The van der Waals surface area contributed by atoms with Gasteiger partial charge in [-0.25, -0.2) is 4.79 Å². The Bertz CT molecular complexity index is 1420. The molecule has 0 spiro atoms. The lowest BCUT2D eigenvalue weighted by atomic mass is 10.0. The fourth-order valence-corrected chi connectivity index (χ4v) is 7.45. The summed E-state index contributed by atoms with van der Waals surface area (Å²) in [4.78, 5) is 24.1. The molecule has 0 amide bonds. The zero-order chi connectivity index (χ0) is 34.5. The molecule has 0 aromatic heterocycles. The van der Waals surface area contributed by atoms with E-state index in [1.54, 1.807) is 60.7 Å². The minimum Gasteiger partial charge on any atom is -0.494 e. The highest BCUT2D eigenvalue weighted by molar-refractivity contribution is 7.37. The molecule has 0 aliphatic rings. The lowest BCUT2D eigenvalue weighted by molar-refractivity contribution is -0.386. The van der Waals surface area contributed by atoms with Crippen LogP contribution in [0.4, 0.5) is 5.69 Å². The second-order valence-electron chi connectivity index (χ2n) is 13.7. The molecule has 0 N–H and O–H groups in total. The highest BCUT2D eigenvalue weighted by atomic mass is 29.3. The molecule has 0 unspecified atom stereocenters. The van der Waals surface area contributed by atoms with Crippen molar-refractivity contribution in [3.8, 4) is 28.4 Å². The van der Waals surface area contributed by atoms with Gasteiger partial charge >= 0.3 is 11.7 Å². The van der Waals surface area contributed by atoms with Crippen LogP contribution < -0.4 is 14.2 Å². The van der Waals surface area contributed by atoms with Gasteiger partial charge in [0.25, 0.3) is 0 Å². The van der Waals surface area contributed by atoms with Crippen LogP contribution in [-0.2, 0) is 4.43 Å². The molecule has 0 bridgehead atoms. The number of carbonyl (C=O) groups is 1. The Morgan fingerprint density at radius 2 is 1.40 bits per heavy atom. The summed E-state index contributed by atoms with van der Waals surface area (Å²) in [6.07, 6.45) is 8.26. The van der Waals surface area contributed by atoms with Crippen molar-refractivity contribution in [2.45, 2.75) is 104 Å². The van der Waals surface area contributed by atoms with E-state index in [2.05, 4.69) is 39.7 Å². The maximum absolute atomic E-state index is 12.8. The molecular formula is C37H53NO7Si2. The molecule has 0 aliphatic heterocycles. The molecule has 0 heterocycles. The van der Waals surface area contributed by atoms with E-state index >= 15 is 0 Å². The Balaban J connectivity index is 1.45. The minimum absolute atomic E-state index is 0.0727. The summed E-state index contributed by atoms with van der Waals surface area (Å²) in [5.74, 6) is 0.890. The van der Waals surface area contributed by atoms with Crippen molar-refractivity contribution in [1.29, 1.82) is 0 Å². The van der Waals surface area contributed by atoms with E-state index in [1.165, 1.54) is 6.07 Å². The number of rotatable bonds is 20. The Hall–Kier alpha value is -3.48. The van der Waals surface area contributed by atoms with Gasteiger partial charge < -0.3 is 18.6 Å². The summed E-state index contributed by atoms with van der Waals surface area (Å²) in [6, 6.07) is 18.8. The topological polar surface area (TPSA) is 97.1 Å². The Labute approximate surface area is 282 Å². The first-order chi connectivity index (χ1) is 22.3. The van der Waals surface area contributed by atoms with Crippen LogP contribution >= 0.6 is 0 Å². The lowest BCUT2D eigenvalue weighted by Gasteiger charge is -2.34. The normalized spacial score (nSPS) is 12.4. The second-order valence-corrected chi connectivity index (χ2v) is 29.6. The molecule has 8 nitrogen and oxygen atoms in total. The third-order valence-corrected chi connectivity index (χ3v) is 24.6. The van der Waals surface area contributed by atoms with Crippen molar-refractivity contribution >= 4 is 27.1 Å². The van der Waals surface area contributed by atoms with Crippen LogP contribution in [0, 0.1) is 10.1 Å². The predicted molar refractivity (Wildman–Crippen MR) is 195 cm³/mol. The molecule has 10 heteroatoms. The molecule has 47 heavy (non-hydrogen) atoms. The summed E-state index contributed by atoms with van der Waals surface area (Å²) in [6.45, 7) is 17.5. The van der Waals surface area contributed by atoms with Crippen LogP contribution in [0.25, 0.3) is 11.1 Å². The van der Waals surface area contributed by atoms with E-state index in [0.29, 0.717) is 29.2 Å². The molecule has 0 saturated carbocycles. The average Bonchev–Trinajstić information content (AvgIpc) is 3.02. The van der Waals surface area contributed by atoms with E-state index < -0.39 is 26.3 Å². The summed E-state index contributed by atoms with van der Waals surface area (Å²) >= 11 is 0. The van der Waals surface area contributed by atoms with E-state index in [9.17, 15) is 14.9 Å². The van der Waals surface area contributed by atoms with Gasteiger partial charge in [0, 0.05) is 12.7 Å². The Morgan fingerprint density at radius 1 is 0.787 bits per heavy atom. The number of ether oxygens (including phenoxy) is 3. The lowest BCUT2D eigenvalue weighted by Crippen LogP contribution is -2.54. The number of nitro groups is 1. The second kappa shape index (κ2) is 18.2. The van der Waals surface area contributed by atoms with Gasteiger partial charge in [0.05, 0.1) is 30.8 Å². The molecule has 3 aromatic carbocycles. The van der Waals surface area contributed by atoms with Crippen molar-refractivity contribution in [3.63, 3.8) is 0 Å². The molecule has 0 fully saturated rings. The van der Waals surface area contributed by atoms with E-state index in [1.807, 2.05) is 6.92 Å². The number of hydrogen-bond donors (Lipinski definition) is 0. The zero-order valence-corrected chi connectivity index (χ0v) is 31.3. The smallest absolute Gasteiger partial charge is 0.343 e. The van der Waals surface area contributed by atoms with Crippen LogP contribution in [-0.4, -0.2) is 45.6 Å². The monoisotopic (exact) mass is 679 g/mol. The number of benzene rings is 3. The first-order valence-corrected chi connectivity index (χ1v) is 24.4. The number of nitrogens with zero attached hydrogens (tertiary/aromatic N) is 1. The largest absolute Gasteiger partial charge is 0.494 e. The van der Waals surface area contributed by atoms with Crippen molar-refractivity contribution in [2.24, 2.45) is 0 Å². The quantitative estimate of drug-likeness (QED) is 0.0293. The number of hydrogen-bond acceptors (Lipinski definition) is 7. The van der Waals surface area contributed by atoms with E-state index in [0.717, 1.165) is 63.5 Å². The van der Waals surface area contributed by atoms with Gasteiger partial charge in [-0.3, -0.25) is 10.1 Å². The van der Waals surface area contributed by atoms with Gasteiger partial charge in [-0.05, 0) is 106 Å². The maximum Gasteiger partial charge on any atom is 0.343 e. The van der Waals surface area contributed by atoms with Gasteiger partial charge in [-0.15, -0.1) is 0 Å². The van der Waals surface area contributed by atoms with Crippen molar-refractivity contribution in [1.82, 2.24) is 0 Å². The van der Waals surface area contributed by atoms with Gasteiger partial charge in [0.1, 0.15) is 11.5 Å². The first-order valence-electron chi connectivity index (χ1n) is 17.0. The van der Waals surface area contributed by atoms with Gasteiger partial charge in [-0.2, -0.15) is 0 Å². The number of nitro benzene ring substituents is 1. The van der Waals surface area contributed by atoms with E-state index in [-0.39, 0.29) is 17.5 Å². The summed E-state index contributed by atoms with van der Waals surface area (Å²) in [5, 5.41) is 11.8. The maximum atomic E-state index is 12.8. The highest BCUT2D eigenvalue weighted by Gasteiger charge is 2.38.